The monoisotopic (exact) mass is 224 g/mol. The van der Waals surface area contributed by atoms with Gasteiger partial charge in [-0.1, -0.05) is 54.6 Å². The van der Waals surface area contributed by atoms with Crippen LogP contribution in [0, 0.1) is 5.92 Å². The van der Waals surface area contributed by atoms with Crippen LogP contribution >= 0.6 is 0 Å². The molecule has 2 aliphatic rings. The molecule has 0 radical (unpaired) electrons. The molecule has 0 amide bonds. The van der Waals surface area contributed by atoms with Gasteiger partial charge in [0.15, 0.2) is 0 Å². The first-order chi connectivity index (χ1) is 8.43. The van der Waals surface area contributed by atoms with E-state index in [9.17, 15) is 0 Å². The second-order valence-corrected chi connectivity index (χ2v) is 4.45. The summed E-state index contributed by atoms with van der Waals surface area (Å²) in [6.07, 6.45) is 12.1. The quantitative estimate of drug-likeness (QED) is 0.807. The minimum atomic E-state index is 0.381. The van der Waals surface area contributed by atoms with Gasteiger partial charge >= 0.3 is 0 Å². The fourth-order valence-corrected chi connectivity index (χ4v) is 2.31. The molecule has 1 aliphatic heterocycles. The summed E-state index contributed by atoms with van der Waals surface area (Å²) in [5.74, 6) is 0.550. The van der Waals surface area contributed by atoms with Crippen LogP contribution < -0.4 is 10.9 Å². The summed E-state index contributed by atoms with van der Waals surface area (Å²) in [7, 11) is 0. The molecule has 1 aromatic rings. The average molecular weight is 224 g/mol. The van der Waals surface area contributed by atoms with Crippen molar-refractivity contribution in [1.29, 1.82) is 0 Å². The zero-order valence-electron chi connectivity index (χ0n) is 9.64. The van der Waals surface area contributed by atoms with Crippen molar-refractivity contribution in [2.45, 2.75) is 12.5 Å². The molecule has 2 heteroatoms. The molecule has 0 spiro atoms. The normalized spacial score (nSPS) is 26.7. The predicted molar refractivity (Wildman–Crippen MR) is 70.9 cm³/mol. The molecular weight excluding hydrogens is 208 g/mol. The van der Waals surface area contributed by atoms with E-state index in [1.54, 1.807) is 0 Å². The van der Waals surface area contributed by atoms with E-state index in [0.717, 1.165) is 6.42 Å². The minimum absolute atomic E-state index is 0.381. The summed E-state index contributed by atoms with van der Waals surface area (Å²) in [4.78, 5) is 0. The zero-order valence-corrected chi connectivity index (χ0v) is 9.64. The van der Waals surface area contributed by atoms with Crippen LogP contribution in [0.3, 0.4) is 0 Å². The van der Waals surface area contributed by atoms with Gasteiger partial charge in [0, 0.05) is 5.92 Å². The van der Waals surface area contributed by atoms with Crippen LogP contribution in [0.25, 0.3) is 5.70 Å². The summed E-state index contributed by atoms with van der Waals surface area (Å²) in [6.45, 7) is 0. The number of nitrogens with one attached hydrogen (secondary N) is 2. The molecule has 2 N–H and O–H groups in total. The third-order valence-corrected chi connectivity index (χ3v) is 3.28. The van der Waals surface area contributed by atoms with E-state index in [0.29, 0.717) is 12.0 Å². The van der Waals surface area contributed by atoms with Crippen molar-refractivity contribution in [3.8, 4) is 0 Å². The van der Waals surface area contributed by atoms with Crippen molar-refractivity contribution in [1.82, 2.24) is 10.9 Å². The molecule has 0 aromatic heterocycles. The zero-order chi connectivity index (χ0) is 11.5. The molecule has 0 bridgehead atoms. The molecule has 2 nitrogen and oxygen atoms in total. The molecule has 1 heterocycles. The highest BCUT2D eigenvalue weighted by molar-refractivity contribution is 5.66. The molecule has 1 aromatic carbocycles. The third-order valence-electron chi connectivity index (χ3n) is 3.28. The van der Waals surface area contributed by atoms with Gasteiger partial charge in [-0.05, 0) is 18.1 Å². The Bertz CT molecular complexity index is 471. The van der Waals surface area contributed by atoms with Gasteiger partial charge < -0.3 is 5.43 Å². The van der Waals surface area contributed by atoms with Crippen LogP contribution in [-0.2, 0) is 0 Å². The Morgan fingerprint density at radius 1 is 1.06 bits per heavy atom. The Labute approximate surface area is 102 Å². The molecule has 3 rings (SSSR count). The summed E-state index contributed by atoms with van der Waals surface area (Å²) in [5, 5.41) is 0. The molecular formula is C15H16N2. The molecule has 0 saturated heterocycles. The van der Waals surface area contributed by atoms with Crippen LogP contribution in [-0.4, -0.2) is 6.04 Å². The van der Waals surface area contributed by atoms with E-state index in [4.69, 9.17) is 0 Å². The smallest absolute Gasteiger partial charge is 0.0536 e. The van der Waals surface area contributed by atoms with Gasteiger partial charge in [-0.2, -0.15) is 0 Å². The molecule has 17 heavy (non-hydrogen) atoms. The number of hydrazine groups is 1. The first kappa shape index (κ1) is 10.4. The number of allylic oxidation sites excluding steroid dienone is 3. The van der Waals surface area contributed by atoms with Crippen molar-refractivity contribution in [3.63, 3.8) is 0 Å². The lowest BCUT2D eigenvalue weighted by Gasteiger charge is -2.18. The van der Waals surface area contributed by atoms with Gasteiger partial charge in [-0.3, -0.25) is 0 Å². The second-order valence-electron chi connectivity index (χ2n) is 4.45. The van der Waals surface area contributed by atoms with Crippen LogP contribution in [0.15, 0.2) is 60.7 Å². The number of benzene rings is 1. The lowest BCUT2D eigenvalue weighted by atomic mass is 9.93. The van der Waals surface area contributed by atoms with E-state index in [1.807, 2.05) is 6.07 Å². The SMILES string of the molecule is C1=CCC(C2C=C(c3ccccc3)NN2)C=C1. The van der Waals surface area contributed by atoms with Crippen LogP contribution in [0.5, 0.6) is 0 Å². The van der Waals surface area contributed by atoms with Gasteiger partial charge in [-0.25, -0.2) is 5.43 Å². The van der Waals surface area contributed by atoms with Gasteiger partial charge in [0.1, 0.15) is 0 Å². The van der Waals surface area contributed by atoms with Gasteiger partial charge in [0.2, 0.25) is 0 Å². The highest BCUT2D eigenvalue weighted by Crippen LogP contribution is 2.23. The Balaban J connectivity index is 1.77. The Kier molecular flexibility index (Phi) is 2.80. The number of rotatable bonds is 2. The molecule has 2 atom stereocenters. The fourth-order valence-electron chi connectivity index (χ4n) is 2.31. The standard InChI is InChI=1S/C15H16N2/c1-3-7-12(8-4-1)14-11-15(17-16-14)13-9-5-2-6-10-13/h1-9,11,13,15-17H,10H2. The average Bonchev–Trinajstić information content (AvgIpc) is 2.90. The van der Waals surface area contributed by atoms with Gasteiger partial charge in [-0.15, -0.1) is 0 Å². The lowest BCUT2D eigenvalue weighted by molar-refractivity contribution is 0.474. The third kappa shape index (κ3) is 2.17. The van der Waals surface area contributed by atoms with Gasteiger partial charge in [0.25, 0.3) is 0 Å². The molecule has 1 aliphatic carbocycles. The molecule has 0 fully saturated rings. The Morgan fingerprint density at radius 3 is 2.71 bits per heavy atom. The summed E-state index contributed by atoms with van der Waals surface area (Å²) in [5.41, 5.74) is 9.03. The van der Waals surface area contributed by atoms with E-state index in [-0.39, 0.29) is 0 Å². The maximum absolute atomic E-state index is 3.35. The number of hydrogen-bond acceptors (Lipinski definition) is 2. The van der Waals surface area contributed by atoms with Gasteiger partial charge in [0.05, 0.1) is 11.7 Å². The lowest BCUT2D eigenvalue weighted by Crippen LogP contribution is -2.36. The van der Waals surface area contributed by atoms with Crippen molar-refractivity contribution in [3.05, 3.63) is 66.3 Å². The van der Waals surface area contributed by atoms with E-state index < -0.39 is 0 Å². The first-order valence-electron chi connectivity index (χ1n) is 6.05. The van der Waals surface area contributed by atoms with Crippen molar-refractivity contribution in [2.24, 2.45) is 5.92 Å². The van der Waals surface area contributed by atoms with E-state index >= 15 is 0 Å². The van der Waals surface area contributed by atoms with Crippen molar-refractivity contribution >= 4 is 5.70 Å². The van der Waals surface area contributed by atoms with Crippen LogP contribution in [0.2, 0.25) is 0 Å². The Morgan fingerprint density at radius 2 is 1.94 bits per heavy atom. The van der Waals surface area contributed by atoms with Crippen molar-refractivity contribution < 1.29 is 0 Å². The van der Waals surface area contributed by atoms with E-state index in [1.165, 1.54) is 11.3 Å². The maximum Gasteiger partial charge on any atom is 0.0536 e. The highest BCUT2D eigenvalue weighted by atomic mass is 15.4. The summed E-state index contributed by atoms with van der Waals surface area (Å²) >= 11 is 0. The fraction of sp³-hybridized carbons (Fsp3) is 0.200. The molecule has 2 unspecified atom stereocenters. The van der Waals surface area contributed by atoms with Crippen LogP contribution in [0.4, 0.5) is 0 Å². The summed E-state index contributed by atoms with van der Waals surface area (Å²) in [6, 6.07) is 10.8. The Hall–Kier alpha value is -1.80. The molecule has 86 valence electrons. The number of hydrogen-bond donors (Lipinski definition) is 2. The topological polar surface area (TPSA) is 24.1 Å². The summed E-state index contributed by atoms with van der Waals surface area (Å²) < 4.78 is 0. The largest absolute Gasteiger partial charge is 0.321 e. The second kappa shape index (κ2) is 4.60. The first-order valence-corrected chi connectivity index (χ1v) is 6.05. The maximum atomic E-state index is 3.35. The van der Waals surface area contributed by atoms with E-state index in [2.05, 4.69) is 65.5 Å². The van der Waals surface area contributed by atoms with Crippen molar-refractivity contribution in [2.75, 3.05) is 0 Å². The molecule has 0 saturated carbocycles. The predicted octanol–water partition coefficient (Wildman–Crippen LogP) is 2.64. The highest BCUT2D eigenvalue weighted by Gasteiger charge is 2.22. The van der Waals surface area contributed by atoms with Crippen LogP contribution in [0.1, 0.15) is 12.0 Å². The minimum Gasteiger partial charge on any atom is -0.321 e.